The zero-order chi connectivity index (χ0) is 23.8. The number of hydrogen-bond acceptors (Lipinski definition) is 5. The molecule has 0 fully saturated rings. The summed E-state index contributed by atoms with van der Waals surface area (Å²) in [5.41, 5.74) is 8.95. The molecule has 3 rings (SSSR count). The van der Waals surface area contributed by atoms with Crippen LogP contribution >= 0.6 is 0 Å². The largest absolute Gasteiger partial charge is 0.446 e. The molecule has 0 radical (unpaired) electrons. The molecule has 7 heteroatoms. The molecule has 170 valence electrons. The van der Waals surface area contributed by atoms with Crippen LogP contribution in [0.3, 0.4) is 0 Å². The Morgan fingerprint density at radius 2 is 1.03 bits per heavy atom. The Hall–Kier alpha value is -4.00. The van der Waals surface area contributed by atoms with E-state index >= 15 is 0 Å². The van der Waals surface area contributed by atoms with Gasteiger partial charge in [0, 0.05) is 0 Å². The van der Waals surface area contributed by atoms with E-state index in [0.29, 0.717) is 11.8 Å². The normalized spacial score (nSPS) is 11.6. The van der Waals surface area contributed by atoms with Gasteiger partial charge in [-0.15, -0.1) is 0 Å². The molecule has 0 bridgehead atoms. The van der Waals surface area contributed by atoms with Gasteiger partial charge >= 0.3 is 11.8 Å². The Morgan fingerprint density at radius 1 is 0.667 bits per heavy atom. The number of hydrogen-bond donors (Lipinski definition) is 2. The van der Waals surface area contributed by atoms with Crippen LogP contribution in [-0.4, -0.2) is 24.2 Å². The lowest BCUT2D eigenvalue weighted by atomic mass is 10.0. The quantitative estimate of drug-likeness (QED) is 0.376. The van der Waals surface area contributed by atoms with Gasteiger partial charge in [-0.2, -0.15) is 10.2 Å². The summed E-state index contributed by atoms with van der Waals surface area (Å²) in [6.07, 6.45) is 3.09. The van der Waals surface area contributed by atoms with Crippen molar-refractivity contribution < 1.29 is 14.0 Å². The number of hydrazone groups is 2. The summed E-state index contributed by atoms with van der Waals surface area (Å²) in [6, 6.07) is 18.6. The maximum Gasteiger partial charge on any atom is 0.307 e. The predicted octanol–water partition coefficient (Wildman–Crippen LogP) is 5.05. The Kier molecular flexibility index (Phi) is 7.91. The van der Waals surface area contributed by atoms with Crippen LogP contribution in [0.1, 0.15) is 82.9 Å². The Labute approximate surface area is 193 Å². The van der Waals surface area contributed by atoms with E-state index < -0.39 is 11.8 Å². The number of benzene rings is 2. The van der Waals surface area contributed by atoms with Gasteiger partial charge in [0.15, 0.2) is 11.5 Å². The van der Waals surface area contributed by atoms with Crippen molar-refractivity contribution in [2.24, 2.45) is 10.2 Å². The van der Waals surface area contributed by atoms with Gasteiger partial charge in [0.25, 0.3) is 0 Å². The smallest absolute Gasteiger partial charge is 0.307 e. The van der Waals surface area contributed by atoms with Crippen molar-refractivity contribution >= 4 is 24.2 Å². The van der Waals surface area contributed by atoms with Crippen molar-refractivity contribution in [1.82, 2.24) is 10.9 Å². The van der Waals surface area contributed by atoms with Crippen LogP contribution in [0.4, 0.5) is 0 Å². The van der Waals surface area contributed by atoms with Crippen molar-refractivity contribution in [3.63, 3.8) is 0 Å². The number of rotatable bonds is 8. The molecule has 2 N–H and O–H groups in total. The number of carbonyl (C=O) groups excluding carboxylic acids is 2. The second-order valence-electron chi connectivity index (χ2n) is 8.20. The van der Waals surface area contributed by atoms with Gasteiger partial charge in [0.05, 0.1) is 12.4 Å². The van der Waals surface area contributed by atoms with Crippen LogP contribution in [0.25, 0.3) is 0 Å². The number of nitrogens with one attached hydrogen (secondary N) is 2. The topological polar surface area (TPSA) is 96.1 Å². The van der Waals surface area contributed by atoms with Crippen molar-refractivity contribution in [2.75, 3.05) is 0 Å². The third kappa shape index (κ3) is 6.74. The molecule has 2 aromatic carbocycles. The fourth-order valence-corrected chi connectivity index (χ4v) is 2.96. The van der Waals surface area contributed by atoms with E-state index in [9.17, 15) is 9.59 Å². The lowest BCUT2D eigenvalue weighted by Crippen LogP contribution is -2.18. The van der Waals surface area contributed by atoms with E-state index in [1.54, 1.807) is 12.4 Å². The van der Waals surface area contributed by atoms with E-state index in [2.05, 4.69) is 48.7 Å². The molecule has 0 spiro atoms. The highest BCUT2D eigenvalue weighted by molar-refractivity contribution is 5.96. The van der Waals surface area contributed by atoms with Crippen molar-refractivity contribution in [3.8, 4) is 0 Å². The summed E-state index contributed by atoms with van der Waals surface area (Å²) in [5.74, 6) is -0.275. The molecule has 7 nitrogen and oxygen atoms in total. The third-order valence-electron chi connectivity index (χ3n) is 5.02. The first kappa shape index (κ1) is 23.7. The monoisotopic (exact) mass is 444 g/mol. The highest BCUT2D eigenvalue weighted by Crippen LogP contribution is 2.15. The van der Waals surface area contributed by atoms with Crippen LogP contribution in [0.15, 0.2) is 75.3 Å². The lowest BCUT2D eigenvalue weighted by Gasteiger charge is -2.04. The van der Waals surface area contributed by atoms with Gasteiger partial charge in [-0.3, -0.25) is 9.59 Å². The predicted molar refractivity (Wildman–Crippen MR) is 130 cm³/mol. The van der Waals surface area contributed by atoms with E-state index in [4.69, 9.17) is 4.42 Å². The molecular weight excluding hydrogens is 416 g/mol. The summed E-state index contributed by atoms with van der Waals surface area (Å²) in [5, 5.41) is 7.88. The molecule has 0 aliphatic carbocycles. The lowest BCUT2D eigenvalue weighted by molar-refractivity contribution is 0.0902. The fourth-order valence-electron chi connectivity index (χ4n) is 2.96. The van der Waals surface area contributed by atoms with Gasteiger partial charge in [0.2, 0.25) is 0 Å². The highest BCUT2D eigenvalue weighted by Gasteiger charge is 2.15. The molecule has 33 heavy (non-hydrogen) atoms. The summed E-state index contributed by atoms with van der Waals surface area (Å²) < 4.78 is 5.33. The minimum Gasteiger partial charge on any atom is -0.446 e. The number of nitrogens with zero attached hydrogens (tertiary/aromatic N) is 2. The first-order valence-corrected chi connectivity index (χ1v) is 10.8. The molecule has 1 heterocycles. The first-order chi connectivity index (χ1) is 15.8. The Balaban J connectivity index is 1.51. The molecule has 0 aliphatic heterocycles. The van der Waals surface area contributed by atoms with Gasteiger partial charge in [-0.1, -0.05) is 76.2 Å². The van der Waals surface area contributed by atoms with Crippen molar-refractivity contribution in [3.05, 3.63) is 94.4 Å². The van der Waals surface area contributed by atoms with E-state index in [-0.39, 0.29) is 11.5 Å². The van der Waals surface area contributed by atoms with Crippen molar-refractivity contribution in [1.29, 1.82) is 0 Å². The second kappa shape index (κ2) is 11.0. The average molecular weight is 445 g/mol. The summed E-state index contributed by atoms with van der Waals surface area (Å²) in [6.45, 7) is 8.50. The summed E-state index contributed by atoms with van der Waals surface area (Å²) in [7, 11) is 0. The molecule has 0 saturated carbocycles. The fraction of sp³-hybridized carbons (Fsp3) is 0.231. The summed E-state index contributed by atoms with van der Waals surface area (Å²) in [4.78, 5) is 24.4. The summed E-state index contributed by atoms with van der Waals surface area (Å²) >= 11 is 0. The molecule has 0 aliphatic rings. The van der Waals surface area contributed by atoms with Crippen molar-refractivity contribution in [2.45, 2.75) is 39.5 Å². The molecule has 1 aromatic heterocycles. The van der Waals surface area contributed by atoms with Crippen LogP contribution in [0.5, 0.6) is 0 Å². The standard InChI is InChI=1S/C26H28N4O3/c1-17(2)21-9-5-19(6-10-21)15-27-29-25(31)23-13-14-24(33-23)26(32)30-28-16-20-7-11-22(12-8-20)18(3)4/h5-18H,1-4H3,(H,29,31)(H,30,32)/b27-15+,28-16+. The zero-order valence-corrected chi connectivity index (χ0v) is 19.2. The van der Waals surface area contributed by atoms with Gasteiger partial charge in [-0.25, -0.2) is 10.9 Å². The second-order valence-corrected chi connectivity index (χ2v) is 8.20. The van der Waals surface area contributed by atoms with Gasteiger partial charge in [-0.05, 0) is 46.2 Å². The molecule has 0 unspecified atom stereocenters. The minimum atomic E-state index is -0.558. The minimum absolute atomic E-state index is 0.0271. The Bertz CT molecular complexity index is 1050. The average Bonchev–Trinajstić information content (AvgIpc) is 3.30. The molecule has 3 aromatic rings. The molecule has 2 amide bonds. The first-order valence-electron chi connectivity index (χ1n) is 10.8. The number of amides is 2. The molecule has 0 saturated heterocycles. The van der Waals surface area contributed by atoms with Crippen LogP contribution in [0, 0.1) is 0 Å². The zero-order valence-electron chi connectivity index (χ0n) is 19.2. The maximum atomic E-state index is 12.2. The number of furan rings is 1. The molecular formula is C26H28N4O3. The molecule has 0 atom stereocenters. The van der Waals surface area contributed by atoms with Gasteiger partial charge < -0.3 is 4.42 Å². The van der Waals surface area contributed by atoms with Crippen LogP contribution in [-0.2, 0) is 0 Å². The maximum absolute atomic E-state index is 12.2. The van der Waals surface area contributed by atoms with Gasteiger partial charge in [0.1, 0.15) is 0 Å². The van der Waals surface area contributed by atoms with Crippen LogP contribution < -0.4 is 10.9 Å². The van der Waals surface area contributed by atoms with E-state index in [1.807, 2.05) is 48.5 Å². The third-order valence-corrected chi connectivity index (χ3v) is 5.02. The van der Waals surface area contributed by atoms with E-state index in [0.717, 1.165) is 11.1 Å². The van der Waals surface area contributed by atoms with E-state index in [1.165, 1.54) is 23.3 Å². The SMILES string of the molecule is CC(C)c1ccc(/C=N/NC(=O)c2ccc(C(=O)N/N=C/c3ccc(C(C)C)cc3)o2)cc1. The Morgan fingerprint density at radius 3 is 1.36 bits per heavy atom. The highest BCUT2D eigenvalue weighted by atomic mass is 16.4. The number of carbonyl (C=O) groups is 2. The van der Waals surface area contributed by atoms with Crippen LogP contribution in [0.2, 0.25) is 0 Å².